The third kappa shape index (κ3) is 5.32. The molecule has 2 aromatic carbocycles. The van der Waals surface area contributed by atoms with Crippen LogP contribution in [0.3, 0.4) is 0 Å². The molecule has 2 aliphatic rings. The van der Waals surface area contributed by atoms with Gasteiger partial charge in [0.15, 0.2) is 0 Å². The number of benzene rings is 2. The zero-order valence-corrected chi connectivity index (χ0v) is 17.3. The topological polar surface area (TPSA) is 67.9 Å². The number of amides is 2. The first kappa shape index (κ1) is 20.3. The van der Waals surface area contributed by atoms with E-state index in [0.29, 0.717) is 13.1 Å². The number of hydrogen-bond acceptors (Lipinski definition) is 4. The molecule has 0 radical (unpaired) electrons. The van der Waals surface area contributed by atoms with Crippen molar-refractivity contribution in [2.75, 3.05) is 13.1 Å². The normalized spacial score (nSPS) is 19.2. The summed E-state index contributed by atoms with van der Waals surface area (Å²) in [6.07, 6.45) is 2.43. The largest absolute Gasteiger partial charge is 0.489 e. The highest BCUT2D eigenvalue weighted by Crippen LogP contribution is 2.30. The fourth-order valence-electron chi connectivity index (χ4n) is 3.59. The SMILES string of the molecule is CC(NC(=O)C1CC1)c1ccc(OC2CCN(C(=O)OCc3ccccc3)C2)cc1. The van der Waals surface area contributed by atoms with Crippen molar-refractivity contribution in [1.29, 1.82) is 0 Å². The predicted molar refractivity (Wildman–Crippen MR) is 113 cm³/mol. The summed E-state index contributed by atoms with van der Waals surface area (Å²) in [7, 11) is 0. The maximum absolute atomic E-state index is 12.3. The average Bonchev–Trinajstić information content (AvgIpc) is 3.52. The van der Waals surface area contributed by atoms with E-state index in [1.807, 2.05) is 61.5 Å². The molecule has 1 heterocycles. The van der Waals surface area contributed by atoms with Crippen molar-refractivity contribution in [2.24, 2.45) is 5.92 Å². The van der Waals surface area contributed by atoms with Gasteiger partial charge in [-0.2, -0.15) is 0 Å². The molecule has 0 aromatic heterocycles. The number of carbonyl (C=O) groups excluding carboxylic acids is 2. The second-order valence-corrected chi connectivity index (χ2v) is 8.09. The van der Waals surface area contributed by atoms with Gasteiger partial charge in [0.05, 0.1) is 12.6 Å². The number of ether oxygens (including phenoxy) is 2. The Morgan fingerprint density at radius 1 is 1.07 bits per heavy atom. The molecule has 1 aliphatic heterocycles. The summed E-state index contributed by atoms with van der Waals surface area (Å²) in [6, 6.07) is 17.4. The number of likely N-dealkylation sites (tertiary alicyclic amines) is 1. The van der Waals surface area contributed by atoms with Crippen LogP contribution >= 0.6 is 0 Å². The third-order valence-corrected chi connectivity index (χ3v) is 5.60. The van der Waals surface area contributed by atoms with Crippen molar-refractivity contribution in [2.45, 2.75) is 44.9 Å². The van der Waals surface area contributed by atoms with Crippen LogP contribution in [0.4, 0.5) is 4.79 Å². The number of carbonyl (C=O) groups is 2. The van der Waals surface area contributed by atoms with Crippen LogP contribution in [0.1, 0.15) is 43.4 Å². The van der Waals surface area contributed by atoms with Crippen molar-refractivity contribution < 1.29 is 19.1 Å². The van der Waals surface area contributed by atoms with Crippen LogP contribution in [0.25, 0.3) is 0 Å². The van der Waals surface area contributed by atoms with Crippen LogP contribution in [0.15, 0.2) is 54.6 Å². The Morgan fingerprint density at radius 2 is 1.80 bits per heavy atom. The minimum atomic E-state index is -0.305. The standard InChI is InChI=1S/C24H28N2O4/c1-17(25-23(27)20-7-8-20)19-9-11-21(12-10-19)30-22-13-14-26(15-22)24(28)29-16-18-5-3-2-4-6-18/h2-6,9-12,17,20,22H,7-8,13-16H2,1H3,(H,25,27). The highest BCUT2D eigenvalue weighted by molar-refractivity contribution is 5.81. The molecule has 0 spiro atoms. The lowest BCUT2D eigenvalue weighted by atomic mass is 10.1. The van der Waals surface area contributed by atoms with Crippen molar-refractivity contribution in [3.63, 3.8) is 0 Å². The molecule has 30 heavy (non-hydrogen) atoms. The van der Waals surface area contributed by atoms with Crippen LogP contribution in [-0.4, -0.2) is 36.1 Å². The molecule has 2 fully saturated rings. The first-order valence-electron chi connectivity index (χ1n) is 10.6. The van der Waals surface area contributed by atoms with Gasteiger partial charge in [0.2, 0.25) is 5.91 Å². The van der Waals surface area contributed by atoms with Gasteiger partial charge in [-0.25, -0.2) is 4.79 Å². The molecule has 1 saturated heterocycles. The molecule has 1 N–H and O–H groups in total. The summed E-state index contributed by atoms with van der Waals surface area (Å²) < 4.78 is 11.4. The molecule has 2 unspecified atom stereocenters. The van der Waals surface area contributed by atoms with Crippen LogP contribution in [0, 0.1) is 5.92 Å². The van der Waals surface area contributed by atoms with Gasteiger partial charge >= 0.3 is 6.09 Å². The van der Waals surface area contributed by atoms with Gasteiger partial charge in [0, 0.05) is 18.9 Å². The zero-order chi connectivity index (χ0) is 20.9. The van der Waals surface area contributed by atoms with Gasteiger partial charge in [0.25, 0.3) is 0 Å². The highest BCUT2D eigenvalue weighted by Gasteiger charge is 2.31. The summed E-state index contributed by atoms with van der Waals surface area (Å²) in [5.41, 5.74) is 2.02. The van der Waals surface area contributed by atoms with Gasteiger partial charge in [-0.1, -0.05) is 42.5 Å². The summed E-state index contributed by atoms with van der Waals surface area (Å²) in [5.74, 6) is 1.12. The number of rotatable bonds is 7. The maximum Gasteiger partial charge on any atom is 0.410 e. The Balaban J connectivity index is 1.23. The van der Waals surface area contributed by atoms with Gasteiger partial charge in [0.1, 0.15) is 18.5 Å². The monoisotopic (exact) mass is 408 g/mol. The molecule has 1 saturated carbocycles. The Bertz CT molecular complexity index is 865. The lowest BCUT2D eigenvalue weighted by Crippen LogP contribution is -2.31. The minimum absolute atomic E-state index is 0.0199. The molecule has 0 bridgehead atoms. The summed E-state index contributed by atoms with van der Waals surface area (Å²) in [5, 5.41) is 3.05. The van der Waals surface area contributed by atoms with Crippen molar-refractivity contribution in [1.82, 2.24) is 10.2 Å². The predicted octanol–water partition coefficient (Wildman–Crippen LogP) is 4.06. The van der Waals surface area contributed by atoms with E-state index in [-0.39, 0.29) is 36.7 Å². The first-order chi connectivity index (χ1) is 14.6. The van der Waals surface area contributed by atoms with Gasteiger partial charge in [-0.15, -0.1) is 0 Å². The van der Waals surface area contributed by atoms with Gasteiger partial charge < -0.3 is 19.7 Å². The Kier molecular flexibility index (Phi) is 6.21. The maximum atomic E-state index is 12.3. The lowest BCUT2D eigenvalue weighted by molar-refractivity contribution is -0.122. The summed E-state index contributed by atoms with van der Waals surface area (Å²) >= 11 is 0. The minimum Gasteiger partial charge on any atom is -0.489 e. The fraction of sp³-hybridized carbons (Fsp3) is 0.417. The number of nitrogens with one attached hydrogen (secondary N) is 1. The lowest BCUT2D eigenvalue weighted by Gasteiger charge is -2.18. The van der Waals surface area contributed by atoms with Crippen molar-refractivity contribution in [3.8, 4) is 5.75 Å². The second-order valence-electron chi connectivity index (χ2n) is 8.09. The molecular formula is C24H28N2O4. The van der Waals surface area contributed by atoms with E-state index in [2.05, 4.69) is 5.32 Å². The van der Waals surface area contributed by atoms with E-state index in [1.165, 1.54) is 0 Å². The number of hydrogen-bond donors (Lipinski definition) is 1. The van der Waals surface area contributed by atoms with E-state index in [4.69, 9.17) is 9.47 Å². The quantitative estimate of drug-likeness (QED) is 0.750. The van der Waals surface area contributed by atoms with E-state index in [0.717, 1.165) is 36.1 Å². The molecule has 4 rings (SSSR count). The van der Waals surface area contributed by atoms with Crippen LogP contribution in [-0.2, 0) is 16.1 Å². The molecule has 6 nitrogen and oxygen atoms in total. The fourth-order valence-corrected chi connectivity index (χ4v) is 3.59. The van der Waals surface area contributed by atoms with Crippen molar-refractivity contribution in [3.05, 3.63) is 65.7 Å². The Labute approximate surface area is 177 Å². The molecule has 158 valence electrons. The van der Waals surface area contributed by atoms with E-state index in [1.54, 1.807) is 4.90 Å². The first-order valence-corrected chi connectivity index (χ1v) is 10.6. The molecular weight excluding hydrogens is 380 g/mol. The van der Waals surface area contributed by atoms with E-state index in [9.17, 15) is 9.59 Å². The average molecular weight is 408 g/mol. The third-order valence-electron chi connectivity index (χ3n) is 5.60. The summed E-state index contributed by atoms with van der Waals surface area (Å²) in [6.45, 7) is 3.41. The Morgan fingerprint density at radius 3 is 2.50 bits per heavy atom. The molecule has 2 amide bonds. The molecule has 2 atom stereocenters. The second kappa shape index (κ2) is 9.20. The van der Waals surface area contributed by atoms with Crippen LogP contribution < -0.4 is 10.1 Å². The highest BCUT2D eigenvalue weighted by atomic mass is 16.6. The van der Waals surface area contributed by atoms with E-state index >= 15 is 0 Å². The van der Waals surface area contributed by atoms with E-state index < -0.39 is 0 Å². The van der Waals surface area contributed by atoms with Crippen LogP contribution in [0.2, 0.25) is 0 Å². The smallest absolute Gasteiger partial charge is 0.410 e. The molecule has 1 aliphatic carbocycles. The van der Waals surface area contributed by atoms with Crippen LogP contribution in [0.5, 0.6) is 5.75 Å². The molecule has 6 heteroatoms. The Hall–Kier alpha value is -3.02. The van der Waals surface area contributed by atoms with Gasteiger partial charge in [-0.3, -0.25) is 4.79 Å². The summed E-state index contributed by atoms with van der Waals surface area (Å²) in [4.78, 5) is 25.9. The number of nitrogens with zero attached hydrogens (tertiary/aromatic N) is 1. The zero-order valence-electron chi connectivity index (χ0n) is 17.3. The van der Waals surface area contributed by atoms with Crippen molar-refractivity contribution >= 4 is 12.0 Å². The molecule has 2 aromatic rings. The van der Waals surface area contributed by atoms with Gasteiger partial charge in [-0.05, 0) is 43.0 Å².